The molecule has 0 spiro atoms. The molecule has 4 heterocycles. The van der Waals surface area contributed by atoms with Crippen molar-refractivity contribution >= 4 is 27.5 Å². The summed E-state index contributed by atoms with van der Waals surface area (Å²) in [5.74, 6) is 0.550. The highest BCUT2D eigenvalue weighted by molar-refractivity contribution is 7.91. The van der Waals surface area contributed by atoms with Crippen LogP contribution in [-0.2, 0) is 27.7 Å². The molecule has 4 rings (SSSR count). The van der Waals surface area contributed by atoms with Gasteiger partial charge in [0.2, 0.25) is 0 Å². The number of ether oxygens (including phenoxy) is 2. The monoisotopic (exact) mass is 442 g/mol. The summed E-state index contributed by atoms with van der Waals surface area (Å²) in [4.78, 5) is 14.3. The van der Waals surface area contributed by atoms with Crippen LogP contribution in [0.3, 0.4) is 0 Å². The van der Waals surface area contributed by atoms with E-state index < -0.39 is 16.1 Å². The predicted molar refractivity (Wildman–Crippen MR) is 103 cm³/mol. The average molecular weight is 443 g/mol. The van der Waals surface area contributed by atoms with Gasteiger partial charge in [0.25, 0.3) is 15.9 Å². The second-order valence-corrected chi connectivity index (χ2v) is 9.79. The second-order valence-electron chi connectivity index (χ2n) is 6.68. The molecule has 2 aromatic heterocycles. The molecule has 1 saturated heterocycles. The third kappa shape index (κ3) is 4.61. The lowest BCUT2D eigenvalue weighted by Gasteiger charge is -2.26. The number of sulfonamides is 1. The standard InChI is InChI=1S/C17H22N4O6S2/c22-17(18-4-6-20-7-9-25-10-8-20)26-16-13-12-21(5-3-14(13)27-19-16)29(23,24)15-2-1-11-28-15/h1-2,11H,3-10,12H2,(H,18,22). The largest absolute Gasteiger partial charge is 0.414 e. The van der Waals surface area contributed by atoms with E-state index in [2.05, 4.69) is 15.4 Å². The van der Waals surface area contributed by atoms with Gasteiger partial charge in [-0.05, 0) is 16.6 Å². The molecule has 0 aliphatic carbocycles. The minimum Gasteiger partial charge on any atom is -0.388 e. The lowest BCUT2D eigenvalue weighted by molar-refractivity contribution is 0.0385. The Labute approximate surface area is 172 Å². The van der Waals surface area contributed by atoms with Gasteiger partial charge < -0.3 is 19.3 Å². The highest BCUT2D eigenvalue weighted by Crippen LogP contribution is 2.31. The van der Waals surface area contributed by atoms with Crippen LogP contribution in [0.4, 0.5) is 4.79 Å². The van der Waals surface area contributed by atoms with Crippen molar-refractivity contribution in [3.05, 3.63) is 28.8 Å². The normalized spacial score (nSPS) is 18.3. The number of thiophene rings is 1. The molecule has 0 radical (unpaired) electrons. The predicted octanol–water partition coefficient (Wildman–Crippen LogP) is 0.904. The van der Waals surface area contributed by atoms with Crippen molar-refractivity contribution in [3.63, 3.8) is 0 Å². The first-order valence-corrected chi connectivity index (χ1v) is 11.6. The fourth-order valence-electron chi connectivity index (χ4n) is 3.25. The number of hydrogen-bond donors (Lipinski definition) is 1. The van der Waals surface area contributed by atoms with Crippen LogP contribution < -0.4 is 10.1 Å². The highest BCUT2D eigenvalue weighted by atomic mass is 32.2. The summed E-state index contributed by atoms with van der Waals surface area (Å²) in [5.41, 5.74) is 0.486. The van der Waals surface area contributed by atoms with E-state index in [1.165, 1.54) is 15.6 Å². The summed E-state index contributed by atoms with van der Waals surface area (Å²) in [6.07, 6.45) is -0.276. The van der Waals surface area contributed by atoms with Gasteiger partial charge in [-0.25, -0.2) is 13.2 Å². The molecular formula is C17H22N4O6S2. The highest BCUT2D eigenvalue weighted by Gasteiger charge is 2.34. The van der Waals surface area contributed by atoms with Crippen molar-refractivity contribution in [1.29, 1.82) is 0 Å². The maximum Gasteiger partial charge on any atom is 0.414 e. The number of carbonyl (C=O) groups is 1. The molecule has 0 bridgehead atoms. The second kappa shape index (κ2) is 8.79. The fourth-order valence-corrected chi connectivity index (χ4v) is 5.80. The molecular weight excluding hydrogens is 420 g/mol. The first-order chi connectivity index (χ1) is 14.0. The zero-order chi connectivity index (χ0) is 20.3. The van der Waals surface area contributed by atoms with Gasteiger partial charge in [0.05, 0.1) is 18.8 Å². The number of fused-ring (bicyclic) bond motifs is 1. The molecule has 1 N–H and O–H groups in total. The van der Waals surface area contributed by atoms with Crippen LogP contribution in [0.15, 0.2) is 26.2 Å². The Morgan fingerprint density at radius 1 is 1.31 bits per heavy atom. The topological polar surface area (TPSA) is 114 Å². The van der Waals surface area contributed by atoms with Gasteiger partial charge in [0.15, 0.2) is 0 Å². The van der Waals surface area contributed by atoms with Gasteiger partial charge in [0, 0.05) is 45.7 Å². The van der Waals surface area contributed by atoms with Crippen molar-refractivity contribution in [3.8, 4) is 5.88 Å². The molecule has 12 heteroatoms. The van der Waals surface area contributed by atoms with E-state index in [1.54, 1.807) is 17.5 Å². The van der Waals surface area contributed by atoms with Crippen LogP contribution in [0.2, 0.25) is 0 Å². The van der Waals surface area contributed by atoms with E-state index in [4.69, 9.17) is 14.0 Å². The molecule has 29 heavy (non-hydrogen) atoms. The lowest BCUT2D eigenvalue weighted by Crippen LogP contribution is -2.42. The van der Waals surface area contributed by atoms with Gasteiger partial charge in [-0.1, -0.05) is 6.07 Å². The molecule has 0 atom stereocenters. The van der Waals surface area contributed by atoms with Crippen molar-refractivity contribution in [1.82, 2.24) is 19.7 Å². The molecule has 2 aliphatic rings. The van der Waals surface area contributed by atoms with E-state index in [0.717, 1.165) is 13.1 Å². The molecule has 1 fully saturated rings. The molecule has 0 aromatic carbocycles. The smallest absolute Gasteiger partial charge is 0.388 e. The zero-order valence-electron chi connectivity index (χ0n) is 15.7. The SMILES string of the molecule is O=C(NCCN1CCOCC1)Oc1noc2c1CN(S(=O)(=O)c1cccs1)CC2. The number of amides is 1. The molecule has 2 aliphatic heterocycles. The third-order valence-electron chi connectivity index (χ3n) is 4.84. The average Bonchev–Trinajstić information content (AvgIpc) is 3.39. The van der Waals surface area contributed by atoms with Crippen LogP contribution in [0.25, 0.3) is 0 Å². The first kappa shape index (κ1) is 20.3. The number of rotatable bonds is 6. The number of nitrogens with zero attached hydrogens (tertiary/aromatic N) is 3. The molecule has 1 amide bonds. The van der Waals surface area contributed by atoms with Crippen molar-refractivity contribution < 1.29 is 27.2 Å². The summed E-state index contributed by atoms with van der Waals surface area (Å²) < 4.78 is 42.9. The van der Waals surface area contributed by atoms with Gasteiger partial charge in [-0.15, -0.1) is 11.3 Å². The van der Waals surface area contributed by atoms with E-state index in [1.807, 2.05) is 0 Å². The summed E-state index contributed by atoms with van der Waals surface area (Å²) >= 11 is 1.17. The molecule has 10 nitrogen and oxygen atoms in total. The Morgan fingerprint density at radius 3 is 2.90 bits per heavy atom. The molecule has 158 valence electrons. The Bertz CT molecular complexity index is 937. The summed E-state index contributed by atoms with van der Waals surface area (Å²) in [6, 6.07) is 3.27. The van der Waals surface area contributed by atoms with Crippen LogP contribution in [0.5, 0.6) is 5.88 Å². The van der Waals surface area contributed by atoms with Gasteiger partial charge >= 0.3 is 6.09 Å². The molecule has 0 unspecified atom stereocenters. The third-order valence-corrected chi connectivity index (χ3v) is 8.05. The van der Waals surface area contributed by atoms with Crippen molar-refractivity contribution in [2.45, 2.75) is 17.2 Å². The molecule has 0 saturated carbocycles. The van der Waals surface area contributed by atoms with Crippen LogP contribution >= 0.6 is 11.3 Å². The number of hydrogen-bond acceptors (Lipinski definition) is 9. The van der Waals surface area contributed by atoms with E-state index >= 15 is 0 Å². The van der Waals surface area contributed by atoms with Gasteiger partial charge in [-0.2, -0.15) is 4.31 Å². The van der Waals surface area contributed by atoms with Crippen molar-refractivity contribution in [2.24, 2.45) is 0 Å². The van der Waals surface area contributed by atoms with Crippen molar-refractivity contribution in [2.75, 3.05) is 45.9 Å². The van der Waals surface area contributed by atoms with Gasteiger partial charge in [-0.3, -0.25) is 4.90 Å². The summed E-state index contributed by atoms with van der Waals surface area (Å²) in [7, 11) is -3.60. The van der Waals surface area contributed by atoms with Crippen LogP contribution in [0.1, 0.15) is 11.3 Å². The fraction of sp³-hybridized carbons (Fsp3) is 0.529. The number of nitrogens with one attached hydrogen (secondary N) is 1. The minimum absolute atomic E-state index is 0.00921. The maximum atomic E-state index is 12.8. The maximum absolute atomic E-state index is 12.8. The first-order valence-electron chi connectivity index (χ1n) is 9.31. The zero-order valence-corrected chi connectivity index (χ0v) is 17.3. The quantitative estimate of drug-likeness (QED) is 0.702. The number of aromatic nitrogens is 1. The van der Waals surface area contributed by atoms with E-state index in [0.29, 0.717) is 44.0 Å². The Morgan fingerprint density at radius 2 is 2.14 bits per heavy atom. The molecule has 2 aromatic rings. The van der Waals surface area contributed by atoms with E-state index in [9.17, 15) is 13.2 Å². The summed E-state index contributed by atoms with van der Waals surface area (Å²) in [6.45, 7) is 4.52. The summed E-state index contributed by atoms with van der Waals surface area (Å²) in [5, 5.41) is 8.21. The minimum atomic E-state index is -3.60. The Kier molecular flexibility index (Phi) is 6.15. The van der Waals surface area contributed by atoms with Crippen LogP contribution in [-0.4, -0.2) is 74.8 Å². The number of carbonyl (C=O) groups excluding carboxylic acids is 1. The Balaban J connectivity index is 1.35. The number of morpholine rings is 1. The van der Waals surface area contributed by atoms with E-state index in [-0.39, 0.29) is 23.2 Å². The lowest BCUT2D eigenvalue weighted by atomic mass is 10.1. The van der Waals surface area contributed by atoms with Gasteiger partial charge in [0.1, 0.15) is 9.97 Å². The Hall–Kier alpha value is -1.99. The van der Waals surface area contributed by atoms with Crippen LogP contribution in [0, 0.1) is 0 Å².